The highest BCUT2D eigenvalue weighted by atomic mass is 16.5. The van der Waals surface area contributed by atoms with Crippen LogP contribution in [0.5, 0.6) is 11.5 Å². The summed E-state index contributed by atoms with van der Waals surface area (Å²) in [5.74, 6) is 1.27. The maximum Gasteiger partial charge on any atom is 0.317 e. The van der Waals surface area contributed by atoms with Gasteiger partial charge in [-0.05, 0) is 32.3 Å². The number of methoxy groups -OCH3 is 1. The summed E-state index contributed by atoms with van der Waals surface area (Å²) in [4.78, 5) is 14.1. The zero-order valence-electron chi connectivity index (χ0n) is 15.0. The second kappa shape index (κ2) is 8.92. The Hall–Kier alpha value is -1.99. The Morgan fingerprint density at radius 3 is 2.84 bits per heavy atom. The van der Waals surface area contributed by atoms with E-state index < -0.39 is 5.60 Å². The minimum Gasteiger partial charge on any atom is -0.493 e. The van der Waals surface area contributed by atoms with E-state index in [2.05, 4.69) is 5.32 Å². The summed E-state index contributed by atoms with van der Waals surface area (Å²) in [6.45, 7) is 3.43. The van der Waals surface area contributed by atoms with E-state index in [1.807, 2.05) is 25.1 Å². The van der Waals surface area contributed by atoms with E-state index >= 15 is 0 Å². The molecule has 7 heteroatoms. The molecule has 0 radical (unpaired) electrons. The van der Waals surface area contributed by atoms with Gasteiger partial charge >= 0.3 is 6.03 Å². The van der Waals surface area contributed by atoms with E-state index in [0.29, 0.717) is 57.0 Å². The standard InChI is InChI=1S/C18H28N2O5/c1-3-25-16-14(6-4-7-15(16)24-2)12-19-17(22)20-10-5-8-18(23,13-21)9-11-20/h4,6-7,21,23H,3,5,8-13H2,1-2H3,(H,19,22)/t18-/m1/s1. The molecular weight excluding hydrogens is 324 g/mol. The Labute approximate surface area is 148 Å². The van der Waals surface area contributed by atoms with Gasteiger partial charge in [0.25, 0.3) is 0 Å². The predicted molar refractivity (Wildman–Crippen MR) is 93.9 cm³/mol. The number of nitrogens with one attached hydrogen (secondary N) is 1. The number of amides is 2. The Kier molecular flexibility index (Phi) is 6.90. The van der Waals surface area contributed by atoms with Crippen molar-refractivity contribution in [1.29, 1.82) is 0 Å². The van der Waals surface area contributed by atoms with Crippen molar-refractivity contribution in [2.45, 2.75) is 38.3 Å². The van der Waals surface area contributed by atoms with E-state index in [-0.39, 0.29) is 12.6 Å². The fraction of sp³-hybridized carbons (Fsp3) is 0.611. The molecule has 1 atom stereocenters. The molecule has 1 aliphatic rings. The number of rotatable bonds is 6. The van der Waals surface area contributed by atoms with Crippen molar-refractivity contribution < 1.29 is 24.5 Å². The van der Waals surface area contributed by atoms with Crippen LogP contribution in [0.2, 0.25) is 0 Å². The Morgan fingerprint density at radius 2 is 2.16 bits per heavy atom. The van der Waals surface area contributed by atoms with Crippen molar-refractivity contribution in [3.63, 3.8) is 0 Å². The number of ether oxygens (including phenoxy) is 2. The van der Waals surface area contributed by atoms with Gasteiger partial charge < -0.3 is 29.9 Å². The summed E-state index contributed by atoms with van der Waals surface area (Å²) < 4.78 is 11.0. The molecule has 0 spiro atoms. The molecular formula is C18H28N2O5. The first-order valence-corrected chi connectivity index (χ1v) is 8.67. The van der Waals surface area contributed by atoms with Crippen LogP contribution in [-0.4, -0.2) is 60.2 Å². The lowest BCUT2D eigenvalue weighted by molar-refractivity contribution is -0.0248. The third-order valence-corrected chi connectivity index (χ3v) is 4.50. The SMILES string of the molecule is CCOc1c(CNC(=O)N2CCC[C@](O)(CO)CC2)cccc1OC. The van der Waals surface area contributed by atoms with Crippen molar-refractivity contribution >= 4 is 6.03 Å². The lowest BCUT2D eigenvalue weighted by atomic mass is 9.96. The molecule has 1 heterocycles. The smallest absolute Gasteiger partial charge is 0.317 e. The monoisotopic (exact) mass is 352 g/mol. The van der Waals surface area contributed by atoms with Gasteiger partial charge in [0, 0.05) is 25.2 Å². The molecule has 7 nitrogen and oxygen atoms in total. The van der Waals surface area contributed by atoms with Gasteiger partial charge in [-0.15, -0.1) is 0 Å². The van der Waals surface area contributed by atoms with Gasteiger partial charge in [0.05, 0.1) is 25.9 Å². The maximum atomic E-state index is 12.4. The number of aliphatic hydroxyl groups excluding tert-OH is 1. The summed E-state index contributed by atoms with van der Waals surface area (Å²) in [6, 6.07) is 5.38. The van der Waals surface area contributed by atoms with Crippen molar-refractivity contribution in [2.75, 3.05) is 33.4 Å². The van der Waals surface area contributed by atoms with Crippen molar-refractivity contribution in [3.05, 3.63) is 23.8 Å². The van der Waals surface area contributed by atoms with Crippen molar-refractivity contribution in [1.82, 2.24) is 10.2 Å². The van der Waals surface area contributed by atoms with Crippen LogP contribution in [0, 0.1) is 0 Å². The number of aliphatic hydroxyl groups is 2. The second-order valence-corrected chi connectivity index (χ2v) is 6.26. The van der Waals surface area contributed by atoms with Gasteiger partial charge in [-0.1, -0.05) is 12.1 Å². The Balaban J connectivity index is 1.98. The third-order valence-electron chi connectivity index (χ3n) is 4.50. The maximum absolute atomic E-state index is 12.4. The topological polar surface area (TPSA) is 91.3 Å². The molecule has 0 aromatic heterocycles. The number of nitrogens with zero attached hydrogens (tertiary/aromatic N) is 1. The highest BCUT2D eigenvalue weighted by Crippen LogP contribution is 2.31. The first kappa shape index (κ1) is 19.3. The average molecular weight is 352 g/mol. The fourth-order valence-electron chi connectivity index (χ4n) is 2.99. The molecule has 3 N–H and O–H groups in total. The van der Waals surface area contributed by atoms with Gasteiger partial charge in [-0.3, -0.25) is 0 Å². The summed E-state index contributed by atoms with van der Waals surface area (Å²) in [5, 5.41) is 22.4. The van der Waals surface area contributed by atoms with Crippen LogP contribution in [0.4, 0.5) is 4.79 Å². The van der Waals surface area contributed by atoms with Crippen LogP contribution in [-0.2, 0) is 6.54 Å². The van der Waals surface area contributed by atoms with Crippen LogP contribution in [0.15, 0.2) is 18.2 Å². The Morgan fingerprint density at radius 1 is 1.36 bits per heavy atom. The summed E-state index contributed by atoms with van der Waals surface area (Å²) in [5.41, 5.74) is -0.236. The minimum atomic E-state index is -1.08. The molecule has 0 bridgehead atoms. The summed E-state index contributed by atoms with van der Waals surface area (Å²) in [6.07, 6.45) is 1.53. The molecule has 1 saturated heterocycles. The van der Waals surface area contributed by atoms with E-state index in [1.54, 1.807) is 12.0 Å². The molecule has 1 aliphatic heterocycles. The Bertz CT molecular complexity index is 581. The van der Waals surface area contributed by atoms with Crippen molar-refractivity contribution in [2.24, 2.45) is 0 Å². The van der Waals surface area contributed by atoms with E-state index in [1.165, 1.54) is 0 Å². The first-order valence-electron chi connectivity index (χ1n) is 8.67. The molecule has 140 valence electrons. The van der Waals surface area contributed by atoms with Gasteiger partial charge in [0.2, 0.25) is 0 Å². The molecule has 1 aromatic carbocycles. The number of hydrogen-bond acceptors (Lipinski definition) is 5. The summed E-state index contributed by atoms with van der Waals surface area (Å²) >= 11 is 0. The number of benzene rings is 1. The largest absolute Gasteiger partial charge is 0.493 e. The lowest BCUT2D eigenvalue weighted by Crippen LogP contribution is -2.41. The molecule has 25 heavy (non-hydrogen) atoms. The van der Waals surface area contributed by atoms with Gasteiger partial charge in [-0.25, -0.2) is 4.79 Å². The zero-order chi connectivity index (χ0) is 18.3. The highest BCUT2D eigenvalue weighted by Gasteiger charge is 2.30. The molecule has 2 amide bonds. The van der Waals surface area contributed by atoms with E-state index in [0.717, 1.165) is 5.56 Å². The first-order chi connectivity index (χ1) is 12.0. The second-order valence-electron chi connectivity index (χ2n) is 6.26. The van der Waals surface area contributed by atoms with E-state index in [9.17, 15) is 15.0 Å². The van der Waals surface area contributed by atoms with Gasteiger partial charge in [-0.2, -0.15) is 0 Å². The van der Waals surface area contributed by atoms with Crippen LogP contribution in [0.25, 0.3) is 0 Å². The molecule has 1 fully saturated rings. The van der Waals surface area contributed by atoms with Gasteiger partial charge in [0.15, 0.2) is 11.5 Å². The molecule has 2 rings (SSSR count). The van der Waals surface area contributed by atoms with Crippen LogP contribution in [0.3, 0.4) is 0 Å². The number of carbonyl (C=O) groups excluding carboxylic acids is 1. The molecule has 1 aromatic rings. The van der Waals surface area contributed by atoms with E-state index in [4.69, 9.17) is 9.47 Å². The molecule has 0 unspecified atom stereocenters. The normalized spacial score (nSPS) is 20.7. The average Bonchev–Trinajstić information content (AvgIpc) is 2.83. The third kappa shape index (κ3) is 4.99. The van der Waals surface area contributed by atoms with Crippen LogP contribution >= 0.6 is 0 Å². The van der Waals surface area contributed by atoms with Crippen molar-refractivity contribution in [3.8, 4) is 11.5 Å². The van der Waals surface area contributed by atoms with Gasteiger partial charge in [0.1, 0.15) is 0 Å². The fourth-order valence-corrected chi connectivity index (χ4v) is 2.99. The number of hydrogen-bond donors (Lipinski definition) is 3. The zero-order valence-corrected chi connectivity index (χ0v) is 15.0. The quantitative estimate of drug-likeness (QED) is 0.722. The number of urea groups is 1. The number of carbonyl (C=O) groups is 1. The van der Waals surface area contributed by atoms with Crippen LogP contribution in [0.1, 0.15) is 31.7 Å². The lowest BCUT2D eigenvalue weighted by Gasteiger charge is -2.24. The number of para-hydroxylation sites is 1. The molecule has 0 aliphatic carbocycles. The van der Waals surface area contributed by atoms with Crippen LogP contribution < -0.4 is 14.8 Å². The molecule has 0 saturated carbocycles. The number of likely N-dealkylation sites (tertiary alicyclic amines) is 1. The highest BCUT2D eigenvalue weighted by molar-refractivity contribution is 5.74. The predicted octanol–water partition coefficient (Wildman–Crippen LogP) is 1.51. The minimum absolute atomic E-state index is 0.188. The summed E-state index contributed by atoms with van der Waals surface area (Å²) in [7, 11) is 1.58.